The number of aromatic nitrogens is 2. The van der Waals surface area contributed by atoms with Crippen LogP contribution in [0.4, 0.5) is 17.3 Å². The van der Waals surface area contributed by atoms with E-state index in [9.17, 15) is 0 Å². The topological polar surface area (TPSA) is 63.8 Å². The minimum absolute atomic E-state index is 0.444. The van der Waals surface area contributed by atoms with E-state index in [4.69, 9.17) is 5.73 Å². The number of rotatable bonds is 3. The van der Waals surface area contributed by atoms with Crippen molar-refractivity contribution < 1.29 is 0 Å². The normalized spacial score (nSPS) is 10.4. The van der Waals surface area contributed by atoms with Gasteiger partial charge in [-0.15, -0.1) is 0 Å². The monoisotopic (exact) mass is 388 g/mol. The fraction of sp³-hybridized carbons (Fsp3) is 0.0909. The van der Waals surface area contributed by atoms with Gasteiger partial charge in [0.15, 0.2) is 5.16 Å². The molecule has 4 nitrogen and oxygen atoms in total. The number of nitrogens with two attached hydrogens (primary N) is 1. The number of para-hydroxylation sites is 1. The SMILES string of the molecule is CSc1nc(N)cc(Nc2c(Br)cccc2Br)n1. The van der Waals surface area contributed by atoms with Crippen LogP contribution in [0.1, 0.15) is 0 Å². The molecule has 94 valence electrons. The molecule has 2 aromatic rings. The van der Waals surface area contributed by atoms with Gasteiger partial charge in [0.1, 0.15) is 11.6 Å². The molecule has 1 aromatic heterocycles. The Balaban J connectivity index is 2.37. The van der Waals surface area contributed by atoms with E-state index >= 15 is 0 Å². The average Bonchev–Trinajstić information content (AvgIpc) is 2.33. The second kappa shape index (κ2) is 5.90. The summed E-state index contributed by atoms with van der Waals surface area (Å²) in [7, 11) is 0. The van der Waals surface area contributed by atoms with Crippen LogP contribution in [0.25, 0.3) is 0 Å². The van der Waals surface area contributed by atoms with Crippen molar-refractivity contribution in [2.24, 2.45) is 0 Å². The van der Waals surface area contributed by atoms with Crippen LogP contribution < -0.4 is 11.1 Å². The van der Waals surface area contributed by atoms with Crippen LogP contribution in [-0.4, -0.2) is 16.2 Å². The van der Waals surface area contributed by atoms with Crippen LogP contribution in [0.2, 0.25) is 0 Å². The van der Waals surface area contributed by atoms with Crippen molar-refractivity contribution in [3.63, 3.8) is 0 Å². The summed E-state index contributed by atoms with van der Waals surface area (Å²) >= 11 is 8.42. The number of nitrogens with one attached hydrogen (secondary N) is 1. The quantitative estimate of drug-likeness (QED) is 0.612. The van der Waals surface area contributed by atoms with Gasteiger partial charge in [-0.25, -0.2) is 9.97 Å². The van der Waals surface area contributed by atoms with Crippen molar-refractivity contribution in [3.8, 4) is 0 Å². The third-order valence-electron chi connectivity index (χ3n) is 2.12. The maximum atomic E-state index is 5.74. The van der Waals surface area contributed by atoms with Gasteiger partial charge in [0.25, 0.3) is 0 Å². The second-order valence-corrected chi connectivity index (χ2v) is 5.87. The molecule has 0 saturated carbocycles. The minimum Gasteiger partial charge on any atom is -0.383 e. The first-order valence-corrected chi connectivity index (χ1v) is 7.81. The van der Waals surface area contributed by atoms with Crippen LogP contribution in [0.15, 0.2) is 38.4 Å². The summed E-state index contributed by atoms with van der Waals surface area (Å²) in [5.74, 6) is 1.11. The number of thioether (sulfide) groups is 1. The van der Waals surface area contributed by atoms with Crippen LogP contribution in [0, 0.1) is 0 Å². The first-order chi connectivity index (χ1) is 8.60. The lowest BCUT2D eigenvalue weighted by Gasteiger charge is -2.10. The van der Waals surface area contributed by atoms with Gasteiger partial charge in [-0.3, -0.25) is 0 Å². The Morgan fingerprint density at radius 3 is 2.50 bits per heavy atom. The van der Waals surface area contributed by atoms with Gasteiger partial charge < -0.3 is 11.1 Å². The van der Waals surface area contributed by atoms with Crippen molar-refractivity contribution >= 4 is 60.9 Å². The van der Waals surface area contributed by atoms with Crippen LogP contribution >= 0.6 is 43.6 Å². The number of hydrogen-bond acceptors (Lipinski definition) is 5. The maximum absolute atomic E-state index is 5.74. The number of nitrogens with zero attached hydrogens (tertiary/aromatic N) is 2. The first-order valence-electron chi connectivity index (χ1n) is 4.99. The average molecular weight is 390 g/mol. The van der Waals surface area contributed by atoms with Gasteiger partial charge in [-0.2, -0.15) is 0 Å². The zero-order chi connectivity index (χ0) is 13.1. The molecule has 0 atom stereocenters. The Morgan fingerprint density at radius 2 is 1.89 bits per heavy atom. The van der Waals surface area contributed by atoms with Gasteiger partial charge in [0.05, 0.1) is 5.69 Å². The predicted octanol–water partition coefficient (Wildman–Crippen LogP) is 4.05. The lowest BCUT2D eigenvalue weighted by Crippen LogP contribution is -2.01. The van der Waals surface area contributed by atoms with E-state index < -0.39 is 0 Å². The zero-order valence-corrected chi connectivity index (χ0v) is 13.4. The van der Waals surface area contributed by atoms with E-state index in [2.05, 4.69) is 47.1 Å². The molecule has 18 heavy (non-hydrogen) atoms. The summed E-state index contributed by atoms with van der Waals surface area (Å²) in [6.07, 6.45) is 1.91. The maximum Gasteiger partial charge on any atom is 0.191 e. The minimum atomic E-state index is 0.444. The van der Waals surface area contributed by atoms with Crippen LogP contribution in [0.5, 0.6) is 0 Å². The highest BCUT2D eigenvalue weighted by atomic mass is 79.9. The van der Waals surface area contributed by atoms with Crippen molar-refractivity contribution in [1.82, 2.24) is 9.97 Å². The highest BCUT2D eigenvalue weighted by molar-refractivity contribution is 9.11. The number of nitrogen functional groups attached to an aromatic ring is 1. The van der Waals surface area contributed by atoms with Crippen LogP contribution in [-0.2, 0) is 0 Å². The lowest BCUT2D eigenvalue weighted by atomic mass is 10.3. The standard InChI is InChI=1S/C11H10Br2N4S/c1-18-11-15-8(14)5-9(17-11)16-10-6(12)3-2-4-7(10)13/h2-5H,1H3,(H3,14,15,16,17). The lowest BCUT2D eigenvalue weighted by molar-refractivity contribution is 0.984. The molecule has 7 heteroatoms. The van der Waals surface area contributed by atoms with Gasteiger partial charge in [0, 0.05) is 15.0 Å². The zero-order valence-electron chi connectivity index (χ0n) is 9.45. The van der Waals surface area contributed by atoms with Gasteiger partial charge >= 0.3 is 0 Å². The van der Waals surface area contributed by atoms with E-state index in [1.54, 1.807) is 6.07 Å². The summed E-state index contributed by atoms with van der Waals surface area (Å²) < 4.78 is 1.89. The molecule has 0 aliphatic heterocycles. The van der Waals surface area contributed by atoms with Crippen molar-refractivity contribution in [2.45, 2.75) is 5.16 Å². The van der Waals surface area contributed by atoms with E-state index in [0.717, 1.165) is 14.6 Å². The van der Waals surface area contributed by atoms with E-state index in [1.165, 1.54) is 11.8 Å². The Kier molecular flexibility index (Phi) is 4.47. The molecule has 0 saturated heterocycles. The van der Waals surface area contributed by atoms with Crippen molar-refractivity contribution in [1.29, 1.82) is 0 Å². The van der Waals surface area contributed by atoms with Crippen LogP contribution in [0.3, 0.4) is 0 Å². The molecule has 0 bridgehead atoms. The first kappa shape index (κ1) is 13.6. The molecule has 2 rings (SSSR count). The molecule has 1 heterocycles. The van der Waals surface area contributed by atoms with Gasteiger partial charge in [0.2, 0.25) is 0 Å². The Bertz CT molecular complexity index is 557. The summed E-state index contributed by atoms with van der Waals surface area (Å²) in [6.45, 7) is 0. The molecule has 1 aromatic carbocycles. The third kappa shape index (κ3) is 3.15. The number of hydrogen-bond donors (Lipinski definition) is 2. The highest BCUT2D eigenvalue weighted by Crippen LogP contribution is 2.33. The molecule has 0 amide bonds. The molecule has 0 aliphatic carbocycles. The predicted molar refractivity (Wildman–Crippen MR) is 83.4 cm³/mol. The molecule has 0 spiro atoms. The summed E-state index contributed by atoms with van der Waals surface area (Å²) in [4.78, 5) is 8.45. The molecular formula is C11H10Br2N4S. The van der Waals surface area contributed by atoms with Gasteiger partial charge in [-0.1, -0.05) is 17.8 Å². The number of benzene rings is 1. The third-order valence-corrected chi connectivity index (χ3v) is 3.99. The molecule has 3 N–H and O–H groups in total. The Labute approximate surface area is 126 Å². The molecule has 0 aliphatic rings. The molecule has 0 radical (unpaired) electrons. The van der Waals surface area contributed by atoms with Gasteiger partial charge in [-0.05, 0) is 50.2 Å². The smallest absolute Gasteiger partial charge is 0.191 e. The fourth-order valence-corrected chi connectivity index (χ4v) is 2.93. The fourth-order valence-electron chi connectivity index (χ4n) is 1.34. The van der Waals surface area contributed by atoms with Crippen molar-refractivity contribution in [3.05, 3.63) is 33.2 Å². The summed E-state index contributed by atoms with van der Waals surface area (Å²) in [5.41, 5.74) is 6.64. The summed E-state index contributed by atoms with van der Waals surface area (Å²) in [6, 6.07) is 7.55. The number of halogens is 2. The molecule has 0 fully saturated rings. The van der Waals surface area contributed by atoms with Crippen molar-refractivity contribution in [2.75, 3.05) is 17.3 Å². The molecule has 0 unspecified atom stereocenters. The largest absolute Gasteiger partial charge is 0.383 e. The summed E-state index contributed by atoms with van der Waals surface area (Å²) in [5, 5.41) is 3.86. The highest BCUT2D eigenvalue weighted by Gasteiger charge is 2.07. The Hall–Kier alpha value is -0.790. The van der Waals surface area contributed by atoms with E-state index in [0.29, 0.717) is 16.8 Å². The van der Waals surface area contributed by atoms with E-state index in [1.807, 2.05) is 24.5 Å². The molecular weight excluding hydrogens is 380 g/mol. The Morgan fingerprint density at radius 1 is 1.22 bits per heavy atom. The van der Waals surface area contributed by atoms with E-state index in [-0.39, 0.29) is 0 Å². The second-order valence-electron chi connectivity index (χ2n) is 3.39. The number of anilines is 3.